The molecule has 2 aromatic heterocycles. The van der Waals surface area contributed by atoms with Crippen LogP contribution in [0.4, 0.5) is 0 Å². The highest BCUT2D eigenvalue weighted by Gasteiger charge is 2.27. The SMILES string of the molecule is CS(=O)(=O)c1ccc2ncnc(Sc3n[nH]c(C4CC4)n3)c2c1. The molecule has 1 fully saturated rings. The molecule has 23 heavy (non-hydrogen) atoms. The third-order valence-electron chi connectivity index (χ3n) is 3.63. The number of aromatic nitrogens is 5. The lowest BCUT2D eigenvalue weighted by Crippen LogP contribution is -1.97. The number of hydrogen-bond acceptors (Lipinski definition) is 7. The van der Waals surface area contributed by atoms with Crippen LogP contribution in [-0.4, -0.2) is 39.8 Å². The van der Waals surface area contributed by atoms with E-state index in [0.29, 0.717) is 27.0 Å². The molecular weight excluding hydrogens is 334 g/mol. The molecule has 0 saturated heterocycles. The lowest BCUT2D eigenvalue weighted by Gasteiger charge is -2.04. The molecule has 0 amide bonds. The van der Waals surface area contributed by atoms with Gasteiger partial charge in [0, 0.05) is 17.6 Å². The second-order valence-electron chi connectivity index (χ2n) is 5.51. The van der Waals surface area contributed by atoms with Crippen molar-refractivity contribution >= 4 is 32.5 Å². The molecule has 1 aliphatic rings. The fourth-order valence-corrected chi connectivity index (χ4v) is 3.68. The Morgan fingerprint density at radius 1 is 1.26 bits per heavy atom. The Balaban J connectivity index is 1.75. The van der Waals surface area contributed by atoms with Gasteiger partial charge in [0.1, 0.15) is 17.2 Å². The topological polar surface area (TPSA) is 101 Å². The quantitative estimate of drug-likeness (QED) is 0.722. The van der Waals surface area contributed by atoms with Crippen molar-refractivity contribution in [3.05, 3.63) is 30.4 Å². The number of H-pyrrole nitrogens is 1. The number of nitrogens with zero attached hydrogens (tertiary/aromatic N) is 4. The van der Waals surface area contributed by atoms with Crippen LogP contribution in [0.25, 0.3) is 10.9 Å². The maximum atomic E-state index is 11.8. The van der Waals surface area contributed by atoms with E-state index in [9.17, 15) is 8.42 Å². The van der Waals surface area contributed by atoms with E-state index in [0.717, 1.165) is 18.7 Å². The molecular formula is C14H13N5O2S2. The van der Waals surface area contributed by atoms with Crippen LogP contribution in [0.3, 0.4) is 0 Å². The second kappa shape index (κ2) is 5.27. The lowest BCUT2D eigenvalue weighted by molar-refractivity contribution is 0.602. The van der Waals surface area contributed by atoms with Crippen molar-refractivity contribution in [2.75, 3.05) is 6.26 Å². The molecule has 0 atom stereocenters. The summed E-state index contributed by atoms with van der Waals surface area (Å²) in [6, 6.07) is 4.84. The maximum Gasteiger partial charge on any atom is 0.214 e. The van der Waals surface area contributed by atoms with Gasteiger partial charge in [-0.05, 0) is 42.8 Å². The summed E-state index contributed by atoms with van der Waals surface area (Å²) in [6.45, 7) is 0. The zero-order chi connectivity index (χ0) is 16.0. The Labute approximate surface area is 136 Å². The predicted molar refractivity (Wildman–Crippen MR) is 85.1 cm³/mol. The molecule has 1 aliphatic carbocycles. The van der Waals surface area contributed by atoms with E-state index in [-0.39, 0.29) is 4.90 Å². The van der Waals surface area contributed by atoms with Crippen molar-refractivity contribution < 1.29 is 8.42 Å². The van der Waals surface area contributed by atoms with Crippen molar-refractivity contribution in [2.24, 2.45) is 0 Å². The van der Waals surface area contributed by atoms with Crippen molar-refractivity contribution in [3.8, 4) is 0 Å². The average molecular weight is 347 g/mol. The predicted octanol–water partition coefficient (Wildman–Crippen LogP) is 2.18. The maximum absolute atomic E-state index is 11.8. The standard InChI is InChI=1S/C14H13N5O2S2/c1-23(20,21)9-4-5-11-10(6-9)13(16-7-15-11)22-14-17-12(18-19-14)8-2-3-8/h4-8H,2-3H2,1H3,(H,17,18,19). The highest BCUT2D eigenvalue weighted by molar-refractivity contribution is 7.99. The number of sulfone groups is 1. The first kappa shape index (κ1) is 14.6. The van der Waals surface area contributed by atoms with Crippen LogP contribution in [0.2, 0.25) is 0 Å². The van der Waals surface area contributed by atoms with E-state index < -0.39 is 9.84 Å². The molecule has 3 aromatic rings. The summed E-state index contributed by atoms with van der Waals surface area (Å²) in [6.07, 6.45) is 4.93. The molecule has 1 aromatic carbocycles. The molecule has 0 bridgehead atoms. The van der Waals surface area contributed by atoms with Crippen LogP contribution in [-0.2, 0) is 9.84 Å². The Bertz CT molecular complexity index is 995. The molecule has 1 N–H and O–H groups in total. The van der Waals surface area contributed by atoms with Gasteiger partial charge in [-0.3, -0.25) is 5.10 Å². The van der Waals surface area contributed by atoms with Gasteiger partial charge < -0.3 is 0 Å². The Morgan fingerprint density at radius 2 is 2.09 bits per heavy atom. The summed E-state index contributed by atoms with van der Waals surface area (Å²) >= 11 is 1.30. The highest BCUT2D eigenvalue weighted by Crippen LogP contribution is 2.39. The number of rotatable bonds is 4. The second-order valence-corrected chi connectivity index (χ2v) is 8.48. The summed E-state index contributed by atoms with van der Waals surface area (Å²) in [7, 11) is -3.28. The molecule has 1 saturated carbocycles. The monoisotopic (exact) mass is 347 g/mol. The van der Waals surface area contributed by atoms with Gasteiger partial charge in [-0.15, -0.1) is 5.10 Å². The van der Waals surface area contributed by atoms with Crippen molar-refractivity contribution in [1.29, 1.82) is 0 Å². The van der Waals surface area contributed by atoms with Crippen molar-refractivity contribution in [3.63, 3.8) is 0 Å². The molecule has 9 heteroatoms. The van der Waals surface area contributed by atoms with E-state index in [1.54, 1.807) is 18.2 Å². The normalized spacial score (nSPS) is 15.2. The fourth-order valence-electron chi connectivity index (χ4n) is 2.25. The van der Waals surface area contributed by atoms with Crippen molar-refractivity contribution in [2.45, 2.75) is 33.8 Å². The number of fused-ring (bicyclic) bond motifs is 1. The van der Waals surface area contributed by atoms with E-state index in [4.69, 9.17) is 0 Å². The lowest BCUT2D eigenvalue weighted by atomic mass is 10.2. The molecule has 7 nitrogen and oxygen atoms in total. The summed E-state index contributed by atoms with van der Waals surface area (Å²) in [5.41, 5.74) is 0.688. The first-order valence-electron chi connectivity index (χ1n) is 7.06. The number of hydrogen-bond donors (Lipinski definition) is 1. The van der Waals surface area contributed by atoms with E-state index in [1.807, 2.05) is 0 Å². The number of benzene rings is 1. The summed E-state index contributed by atoms with van der Waals surface area (Å²) in [5.74, 6) is 1.40. The van der Waals surface area contributed by atoms with E-state index >= 15 is 0 Å². The van der Waals surface area contributed by atoms with E-state index in [2.05, 4.69) is 25.1 Å². The van der Waals surface area contributed by atoms with Crippen LogP contribution >= 0.6 is 11.8 Å². The van der Waals surface area contributed by atoms with Gasteiger partial charge in [-0.2, -0.15) is 0 Å². The smallest absolute Gasteiger partial charge is 0.214 e. The molecule has 118 valence electrons. The van der Waals surface area contributed by atoms with Gasteiger partial charge in [0.2, 0.25) is 5.16 Å². The minimum Gasteiger partial charge on any atom is -0.262 e. The minimum absolute atomic E-state index is 0.246. The van der Waals surface area contributed by atoms with E-state index in [1.165, 1.54) is 24.3 Å². The largest absolute Gasteiger partial charge is 0.262 e. The molecule has 0 unspecified atom stereocenters. The van der Waals surface area contributed by atoms with Gasteiger partial charge in [-0.1, -0.05) is 0 Å². The first-order valence-corrected chi connectivity index (χ1v) is 9.76. The summed E-state index contributed by atoms with van der Waals surface area (Å²) < 4.78 is 23.5. The average Bonchev–Trinajstić information content (AvgIpc) is 3.26. The third kappa shape index (κ3) is 2.93. The number of nitrogens with one attached hydrogen (secondary N) is 1. The van der Waals surface area contributed by atoms with Gasteiger partial charge in [0.25, 0.3) is 0 Å². The Kier molecular flexibility index (Phi) is 3.34. The summed E-state index contributed by atoms with van der Waals surface area (Å²) in [5, 5.41) is 9.05. The fraction of sp³-hybridized carbons (Fsp3) is 0.286. The molecule has 0 aliphatic heterocycles. The molecule has 4 rings (SSSR count). The van der Waals surface area contributed by atoms with Crippen LogP contribution in [0.5, 0.6) is 0 Å². The Hall–Kier alpha value is -2.00. The summed E-state index contributed by atoms with van der Waals surface area (Å²) in [4.78, 5) is 13.1. The van der Waals surface area contributed by atoms with Crippen LogP contribution in [0.15, 0.2) is 39.6 Å². The van der Waals surface area contributed by atoms with Gasteiger partial charge in [0.15, 0.2) is 9.84 Å². The molecule has 2 heterocycles. The zero-order valence-corrected chi connectivity index (χ0v) is 13.9. The van der Waals surface area contributed by atoms with Crippen LogP contribution in [0.1, 0.15) is 24.6 Å². The minimum atomic E-state index is -3.28. The van der Waals surface area contributed by atoms with Gasteiger partial charge >= 0.3 is 0 Å². The van der Waals surface area contributed by atoms with Crippen molar-refractivity contribution in [1.82, 2.24) is 25.1 Å². The first-order chi connectivity index (χ1) is 11.0. The van der Waals surface area contributed by atoms with Crippen LogP contribution < -0.4 is 0 Å². The number of aromatic amines is 1. The zero-order valence-electron chi connectivity index (χ0n) is 12.2. The Morgan fingerprint density at radius 3 is 2.83 bits per heavy atom. The third-order valence-corrected chi connectivity index (χ3v) is 5.63. The van der Waals surface area contributed by atoms with Crippen LogP contribution in [0, 0.1) is 0 Å². The molecule has 0 radical (unpaired) electrons. The van der Waals surface area contributed by atoms with Gasteiger partial charge in [0.05, 0.1) is 10.4 Å². The highest BCUT2D eigenvalue weighted by atomic mass is 32.2. The van der Waals surface area contributed by atoms with Gasteiger partial charge in [-0.25, -0.2) is 23.4 Å². The molecule has 0 spiro atoms.